The molecule has 1 aromatic carbocycles. The van der Waals surface area contributed by atoms with E-state index in [4.69, 9.17) is 4.74 Å². The minimum absolute atomic E-state index is 0.565. The van der Waals surface area contributed by atoms with Gasteiger partial charge in [0.25, 0.3) is 0 Å². The van der Waals surface area contributed by atoms with Gasteiger partial charge in [0.1, 0.15) is 12.4 Å². The van der Waals surface area contributed by atoms with Gasteiger partial charge in [-0.25, -0.2) is 4.98 Å². The van der Waals surface area contributed by atoms with E-state index in [0.29, 0.717) is 6.61 Å². The SMILES string of the molecule is CCCCc1ccc2nc(COCC)[nH]c2c1. The molecule has 1 aromatic heterocycles. The Morgan fingerprint density at radius 2 is 2.18 bits per heavy atom. The van der Waals surface area contributed by atoms with Gasteiger partial charge in [0, 0.05) is 6.61 Å². The number of benzene rings is 1. The number of nitrogens with one attached hydrogen (secondary N) is 1. The van der Waals surface area contributed by atoms with Crippen molar-refractivity contribution in [2.45, 2.75) is 39.7 Å². The second kappa shape index (κ2) is 5.82. The van der Waals surface area contributed by atoms with Crippen LogP contribution in [0, 0.1) is 0 Å². The summed E-state index contributed by atoms with van der Waals surface area (Å²) < 4.78 is 5.35. The summed E-state index contributed by atoms with van der Waals surface area (Å²) >= 11 is 0. The first-order valence-corrected chi connectivity index (χ1v) is 6.38. The lowest BCUT2D eigenvalue weighted by molar-refractivity contribution is 0.129. The second-order valence-electron chi connectivity index (χ2n) is 4.28. The van der Waals surface area contributed by atoms with Crippen LogP contribution < -0.4 is 0 Å². The van der Waals surface area contributed by atoms with E-state index in [-0.39, 0.29) is 0 Å². The minimum atomic E-state index is 0.565. The predicted octanol–water partition coefficient (Wildman–Crippen LogP) is 3.44. The summed E-state index contributed by atoms with van der Waals surface area (Å²) in [6.07, 6.45) is 3.62. The fourth-order valence-corrected chi connectivity index (χ4v) is 1.91. The van der Waals surface area contributed by atoms with Gasteiger partial charge in [0.15, 0.2) is 0 Å². The Balaban J connectivity index is 2.15. The van der Waals surface area contributed by atoms with Crippen molar-refractivity contribution < 1.29 is 4.74 Å². The number of hydrogen-bond donors (Lipinski definition) is 1. The molecule has 2 rings (SSSR count). The maximum absolute atomic E-state index is 5.35. The first-order valence-electron chi connectivity index (χ1n) is 6.38. The van der Waals surface area contributed by atoms with E-state index in [0.717, 1.165) is 29.9 Å². The number of fused-ring (bicyclic) bond motifs is 1. The lowest BCUT2D eigenvalue weighted by Crippen LogP contribution is -1.93. The fourth-order valence-electron chi connectivity index (χ4n) is 1.91. The average Bonchev–Trinajstić information content (AvgIpc) is 2.75. The van der Waals surface area contributed by atoms with Gasteiger partial charge in [-0.2, -0.15) is 0 Å². The number of aryl methyl sites for hydroxylation is 1. The highest BCUT2D eigenvalue weighted by Gasteiger charge is 2.03. The van der Waals surface area contributed by atoms with Gasteiger partial charge in [-0.15, -0.1) is 0 Å². The Kier molecular flexibility index (Phi) is 4.15. The number of aromatic amines is 1. The molecule has 17 heavy (non-hydrogen) atoms. The molecule has 92 valence electrons. The fraction of sp³-hybridized carbons (Fsp3) is 0.500. The van der Waals surface area contributed by atoms with Gasteiger partial charge in [-0.1, -0.05) is 19.4 Å². The van der Waals surface area contributed by atoms with Crippen LogP contribution in [0.3, 0.4) is 0 Å². The minimum Gasteiger partial charge on any atom is -0.374 e. The summed E-state index contributed by atoms with van der Waals surface area (Å²) in [5, 5.41) is 0. The van der Waals surface area contributed by atoms with Crippen LogP contribution >= 0.6 is 0 Å². The number of unbranched alkanes of at least 4 members (excludes halogenated alkanes) is 1. The molecule has 0 unspecified atom stereocenters. The van der Waals surface area contributed by atoms with Crippen LogP contribution in [0.5, 0.6) is 0 Å². The molecule has 0 saturated heterocycles. The number of rotatable bonds is 6. The molecule has 0 aliphatic rings. The molecule has 3 heteroatoms. The van der Waals surface area contributed by atoms with E-state index < -0.39 is 0 Å². The van der Waals surface area contributed by atoms with E-state index in [9.17, 15) is 0 Å². The molecule has 2 aromatic rings. The molecule has 0 aliphatic heterocycles. The number of imidazole rings is 1. The summed E-state index contributed by atoms with van der Waals surface area (Å²) in [5.41, 5.74) is 3.53. The second-order valence-corrected chi connectivity index (χ2v) is 4.28. The van der Waals surface area contributed by atoms with Gasteiger partial charge in [0.05, 0.1) is 11.0 Å². The number of H-pyrrole nitrogens is 1. The highest BCUT2D eigenvalue weighted by molar-refractivity contribution is 5.75. The molecular weight excluding hydrogens is 212 g/mol. The van der Waals surface area contributed by atoms with Gasteiger partial charge in [0.2, 0.25) is 0 Å². The van der Waals surface area contributed by atoms with Crippen molar-refractivity contribution in [3.05, 3.63) is 29.6 Å². The Hall–Kier alpha value is -1.35. The third kappa shape index (κ3) is 3.07. The van der Waals surface area contributed by atoms with Crippen LogP contribution in [0.25, 0.3) is 11.0 Å². The van der Waals surface area contributed by atoms with Crippen molar-refractivity contribution >= 4 is 11.0 Å². The third-order valence-corrected chi connectivity index (χ3v) is 2.86. The van der Waals surface area contributed by atoms with Crippen molar-refractivity contribution in [1.82, 2.24) is 9.97 Å². The normalized spacial score (nSPS) is 11.2. The summed E-state index contributed by atoms with van der Waals surface area (Å²) in [5.74, 6) is 0.912. The predicted molar refractivity (Wildman–Crippen MR) is 70.0 cm³/mol. The van der Waals surface area contributed by atoms with Crippen LogP contribution in [-0.2, 0) is 17.8 Å². The van der Waals surface area contributed by atoms with Crippen LogP contribution in [0.1, 0.15) is 38.1 Å². The smallest absolute Gasteiger partial charge is 0.133 e. The van der Waals surface area contributed by atoms with E-state index in [1.54, 1.807) is 0 Å². The van der Waals surface area contributed by atoms with Gasteiger partial charge in [-0.3, -0.25) is 0 Å². The standard InChI is InChI=1S/C14H20N2O/c1-3-5-6-11-7-8-12-13(9-11)16-14(15-12)10-17-4-2/h7-9H,3-6,10H2,1-2H3,(H,15,16). The van der Waals surface area contributed by atoms with Crippen molar-refractivity contribution in [2.24, 2.45) is 0 Å². The largest absolute Gasteiger partial charge is 0.374 e. The van der Waals surface area contributed by atoms with Gasteiger partial charge < -0.3 is 9.72 Å². The van der Waals surface area contributed by atoms with E-state index in [1.807, 2.05) is 6.92 Å². The van der Waals surface area contributed by atoms with E-state index in [1.165, 1.54) is 18.4 Å². The first kappa shape index (κ1) is 12.1. The van der Waals surface area contributed by atoms with Crippen molar-refractivity contribution in [2.75, 3.05) is 6.61 Å². The number of aromatic nitrogens is 2. The molecule has 0 spiro atoms. The van der Waals surface area contributed by atoms with Crippen LogP contribution in [-0.4, -0.2) is 16.6 Å². The number of nitrogens with zero attached hydrogens (tertiary/aromatic N) is 1. The first-order chi connectivity index (χ1) is 8.33. The zero-order chi connectivity index (χ0) is 12.1. The third-order valence-electron chi connectivity index (χ3n) is 2.86. The van der Waals surface area contributed by atoms with Crippen LogP contribution in [0.2, 0.25) is 0 Å². The molecule has 0 bridgehead atoms. The molecule has 0 aliphatic carbocycles. The van der Waals surface area contributed by atoms with E-state index >= 15 is 0 Å². The highest BCUT2D eigenvalue weighted by atomic mass is 16.5. The maximum atomic E-state index is 5.35. The molecule has 0 amide bonds. The Labute approximate surface area is 102 Å². The zero-order valence-electron chi connectivity index (χ0n) is 10.6. The lowest BCUT2D eigenvalue weighted by Gasteiger charge is -1.98. The van der Waals surface area contributed by atoms with Crippen LogP contribution in [0.4, 0.5) is 0 Å². The molecule has 0 saturated carbocycles. The molecule has 1 N–H and O–H groups in total. The Morgan fingerprint density at radius 3 is 2.94 bits per heavy atom. The summed E-state index contributed by atoms with van der Waals surface area (Å²) in [4.78, 5) is 7.80. The average molecular weight is 232 g/mol. The molecular formula is C14H20N2O. The van der Waals surface area contributed by atoms with E-state index in [2.05, 4.69) is 35.1 Å². The van der Waals surface area contributed by atoms with Crippen LogP contribution in [0.15, 0.2) is 18.2 Å². The molecule has 0 atom stereocenters. The van der Waals surface area contributed by atoms with Crippen molar-refractivity contribution in [3.63, 3.8) is 0 Å². The summed E-state index contributed by atoms with van der Waals surface area (Å²) in [6, 6.07) is 6.46. The molecule has 0 fully saturated rings. The summed E-state index contributed by atoms with van der Waals surface area (Å²) in [6.45, 7) is 5.49. The quantitative estimate of drug-likeness (QED) is 0.828. The Bertz CT molecular complexity index is 470. The number of hydrogen-bond acceptors (Lipinski definition) is 2. The topological polar surface area (TPSA) is 37.9 Å². The number of ether oxygens (including phenoxy) is 1. The molecule has 3 nitrogen and oxygen atoms in total. The molecule has 0 radical (unpaired) electrons. The van der Waals surface area contributed by atoms with Crippen molar-refractivity contribution in [3.8, 4) is 0 Å². The highest BCUT2D eigenvalue weighted by Crippen LogP contribution is 2.15. The molecule has 1 heterocycles. The van der Waals surface area contributed by atoms with Crippen molar-refractivity contribution in [1.29, 1.82) is 0 Å². The maximum Gasteiger partial charge on any atom is 0.133 e. The lowest BCUT2D eigenvalue weighted by atomic mass is 10.1. The Morgan fingerprint density at radius 1 is 1.29 bits per heavy atom. The monoisotopic (exact) mass is 232 g/mol. The zero-order valence-corrected chi connectivity index (χ0v) is 10.6. The van der Waals surface area contributed by atoms with Gasteiger partial charge in [-0.05, 0) is 37.5 Å². The van der Waals surface area contributed by atoms with Gasteiger partial charge >= 0.3 is 0 Å². The summed E-state index contributed by atoms with van der Waals surface area (Å²) in [7, 11) is 0.